The van der Waals surface area contributed by atoms with Gasteiger partial charge in [0.1, 0.15) is 11.9 Å². The van der Waals surface area contributed by atoms with Gasteiger partial charge in [0.2, 0.25) is 0 Å². The van der Waals surface area contributed by atoms with E-state index in [0.717, 1.165) is 12.8 Å². The third-order valence-corrected chi connectivity index (χ3v) is 3.56. The number of carbonyl (C=O) groups is 1. The van der Waals surface area contributed by atoms with Crippen LogP contribution in [0.2, 0.25) is 5.02 Å². The number of amides is 1. The van der Waals surface area contributed by atoms with Gasteiger partial charge in [-0.1, -0.05) is 18.5 Å². The lowest BCUT2D eigenvalue weighted by atomic mass is 10.2. The summed E-state index contributed by atoms with van der Waals surface area (Å²) >= 11 is 5.98. The minimum Gasteiger partial charge on any atom is -0.491 e. The standard InChI is InChI=1S/C15H21ClN2O3/c1-2-7-20-13-5-3-10(16)8-12(13)18-15(19)14-6-4-11(9-17)21-14/h3,5,8,11,14H,2,4,6-7,9,17H2,1H3,(H,18,19). The average molecular weight is 313 g/mol. The van der Waals surface area contributed by atoms with Gasteiger partial charge in [-0.15, -0.1) is 0 Å². The van der Waals surface area contributed by atoms with E-state index in [2.05, 4.69) is 5.32 Å². The van der Waals surface area contributed by atoms with Crippen molar-refractivity contribution in [1.29, 1.82) is 0 Å². The normalized spacial score (nSPS) is 21.3. The molecular weight excluding hydrogens is 292 g/mol. The summed E-state index contributed by atoms with van der Waals surface area (Å²) in [5.74, 6) is 0.428. The summed E-state index contributed by atoms with van der Waals surface area (Å²) in [6.45, 7) is 3.04. The third kappa shape index (κ3) is 4.33. The molecule has 2 atom stereocenters. The Balaban J connectivity index is 2.04. The van der Waals surface area contributed by atoms with Gasteiger partial charge in [-0.2, -0.15) is 0 Å². The van der Waals surface area contributed by atoms with E-state index in [-0.39, 0.29) is 12.0 Å². The Morgan fingerprint density at radius 3 is 3.00 bits per heavy atom. The lowest BCUT2D eigenvalue weighted by molar-refractivity contribution is -0.126. The van der Waals surface area contributed by atoms with E-state index in [1.54, 1.807) is 18.2 Å². The average Bonchev–Trinajstić information content (AvgIpc) is 2.95. The number of rotatable bonds is 6. The van der Waals surface area contributed by atoms with Crippen molar-refractivity contribution in [2.75, 3.05) is 18.5 Å². The fourth-order valence-electron chi connectivity index (χ4n) is 2.22. The summed E-state index contributed by atoms with van der Waals surface area (Å²) in [7, 11) is 0. The van der Waals surface area contributed by atoms with Crippen LogP contribution >= 0.6 is 11.6 Å². The highest BCUT2D eigenvalue weighted by Gasteiger charge is 2.30. The van der Waals surface area contributed by atoms with E-state index in [1.807, 2.05) is 6.92 Å². The molecule has 1 amide bonds. The molecule has 21 heavy (non-hydrogen) atoms. The van der Waals surface area contributed by atoms with Crippen LogP contribution in [0.3, 0.4) is 0 Å². The molecule has 0 spiro atoms. The maximum Gasteiger partial charge on any atom is 0.253 e. The molecular formula is C15H21ClN2O3. The van der Waals surface area contributed by atoms with Crippen LogP contribution in [0.5, 0.6) is 5.75 Å². The van der Waals surface area contributed by atoms with E-state index in [1.165, 1.54) is 0 Å². The highest BCUT2D eigenvalue weighted by Crippen LogP contribution is 2.29. The largest absolute Gasteiger partial charge is 0.491 e. The molecule has 1 fully saturated rings. The Hall–Kier alpha value is -1.30. The number of benzene rings is 1. The fourth-order valence-corrected chi connectivity index (χ4v) is 2.40. The molecule has 1 aromatic carbocycles. The lowest BCUT2D eigenvalue weighted by Crippen LogP contribution is -2.30. The maximum atomic E-state index is 12.2. The number of ether oxygens (including phenoxy) is 2. The molecule has 1 aliphatic heterocycles. The Kier molecular flexibility index (Phi) is 5.85. The molecule has 1 heterocycles. The van der Waals surface area contributed by atoms with Crippen LogP contribution in [-0.4, -0.2) is 31.3 Å². The first-order chi connectivity index (χ1) is 10.1. The second-order valence-electron chi connectivity index (χ2n) is 5.04. The summed E-state index contributed by atoms with van der Waals surface area (Å²) < 4.78 is 11.2. The smallest absolute Gasteiger partial charge is 0.253 e. The van der Waals surface area contributed by atoms with Crippen LogP contribution in [0.1, 0.15) is 26.2 Å². The molecule has 116 valence electrons. The summed E-state index contributed by atoms with van der Waals surface area (Å²) in [5, 5.41) is 3.38. The number of nitrogens with two attached hydrogens (primary N) is 1. The van der Waals surface area contributed by atoms with Gasteiger partial charge in [-0.05, 0) is 37.5 Å². The zero-order chi connectivity index (χ0) is 15.2. The predicted octanol–water partition coefficient (Wildman–Crippen LogP) is 2.57. The summed E-state index contributed by atoms with van der Waals surface area (Å²) in [5.41, 5.74) is 6.12. The number of carbonyl (C=O) groups excluding carboxylic acids is 1. The molecule has 2 rings (SSSR count). The number of halogens is 1. The van der Waals surface area contributed by atoms with Gasteiger partial charge in [0.15, 0.2) is 0 Å². The van der Waals surface area contributed by atoms with Crippen molar-refractivity contribution >= 4 is 23.2 Å². The van der Waals surface area contributed by atoms with Gasteiger partial charge in [0.05, 0.1) is 18.4 Å². The SMILES string of the molecule is CCCOc1ccc(Cl)cc1NC(=O)C1CCC(CN)O1. The van der Waals surface area contributed by atoms with Crippen molar-refractivity contribution in [1.82, 2.24) is 0 Å². The van der Waals surface area contributed by atoms with Crippen LogP contribution in [0.25, 0.3) is 0 Å². The molecule has 2 unspecified atom stereocenters. The molecule has 0 saturated carbocycles. The van der Waals surface area contributed by atoms with Crippen molar-refractivity contribution in [3.63, 3.8) is 0 Å². The van der Waals surface area contributed by atoms with Gasteiger partial charge < -0.3 is 20.5 Å². The summed E-state index contributed by atoms with van der Waals surface area (Å²) in [6, 6.07) is 5.17. The quantitative estimate of drug-likeness (QED) is 0.846. The van der Waals surface area contributed by atoms with Crippen molar-refractivity contribution in [2.24, 2.45) is 5.73 Å². The van der Waals surface area contributed by atoms with Crippen LogP contribution in [0, 0.1) is 0 Å². The van der Waals surface area contributed by atoms with Gasteiger partial charge in [0.25, 0.3) is 5.91 Å². The fraction of sp³-hybridized carbons (Fsp3) is 0.533. The van der Waals surface area contributed by atoms with E-state index in [4.69, 9.17) is 26.8 Å². The van der Waals surface area contributed by atoms with Gasteiger partial charge >= 0.3 is 0 Å². The third-order valence-electron chi connectivity index (χ3n) is 3.32. The van der Waals surface area contributed by atoms with Crippen LogP contribution < -0.4 is 15.8 Å². The Bertz CT molecular complexity index is 496. The Morgan fingerprint density at radius 2 is 2.33 bits per heavy atom. The highest BCUT2D eigenvalue weighted by molar-refractivity contribution is 6.31. The monoisotopic (exact) mass is 312 g/mol. The Morgan fingerprint density at radius 1 is 1.52 bits per heavy atom. The van der Waals surface area contributed by atoms with Crippen LogP contribution in [-0.2, 0) is 9.53 Å². The second-order valence-corrected chi connectivity index (χ2v) is 5.47. The van der Waals surface area contributed by atoms with E-state index < -0.39 is 6.10 Å². The van der Waals surface area contributed by atoms with Gasteiger partial charge in [0, 0.05) is 11.6 Å². The molecule has 1 saturated heterocycles. The Labute approximate surface area is 129 Å². The maximum absolute atomic E-state index is 12.2. The van der Waals surface area contributed by atoms with Crippen molar-refractivity contribution < 1.29 is 14.3 Å². The first-order valence-corrected chi connectivity index (χ1v) is 7.60. The number of anilines is 1. The van der Waals surface area contributed by atoms with Gasteiger partial charge in [-0.3, -0.25) is 4.79 Å². The van der Waals surface area contributed by atoms with Gasteiger partial charge in [-0.25, -0.2) is 0 Å². The van der Waals surface area contributed by atoms with E-state index in [9.17, 15) is 4.79 Å². The first kappa shape index (κ1) is 16.1. The zero-order valence-corrected chi connectivity index (χ0v) is 12.9. The molecule has 0 aliphatic carbocycles. The molecule has 0 bridgehead atoms. The first-order valence-electron chi connectivity index (χ1n) is 7.22. The molecule has 3 N–H and O–H groups in total. The second kappa shape index (κ2) is 7.64. The molecule has 0 radical (unpaired) electrons. The van der Waals surface area contributed by atoms with Crippen LogP contribution in [0.4, 0.5) is 5.69 Å². The topological polar surface area (TPSA) is 73.6 Å². The minimum atomic E-state index is -0.462. The van der Waals surface area contributed by atoms with Crippen LogP contribution in [0.15, 0.2) is 18.2 Å². The van der Waals surface area contributed by atoms with Crippen molar-refractivity contribution in [2.45, 2.75) is 38.4 Å². The zero-order valence-electron chi connectivity index (χ0n) is 12.1. The van der Waals surface area contributed by atoms with E-state index >= 15 is 0 Å². The van der Waals surface area contributed by atoms with E-state index in [0.29, 0.717) is 36.0 Å². The molecule has 6 heteroatoms. The number of hydrogen-bond donors (Lipinski definition) is 2. The highest BCUT2D eigenvalue weighted by atomic mass is 35.5. The predicted molar refractivity (Wildman–Crippen MR) is 82.8 cm³/mol. The summed E-state index contributed by atoms with van der Waals surface area (Å²) in [4.78, 5) is 12.2. The van der Waals surface area contributed by atoms with Crippen molar-refractivity contribution in [3.05, 3.63) is 23.2 Å². The number of nitrogens with one attached hydrogen (secondary N) is 1. The van der Waals surface area contributed by atoms with Crippen molar-refractivity contribution in [3.8, 4) is 5.75 Å². The molecule has 0 aromatic heterocycles. The molecule has 1 aromatic rings. The minimum absolute atomic E-state index is 0.0316. The summed E-state index contributed by atoms with van der Waals surface area (Å²) in [6.07, 6.45) is 1.88. The molecule has 1 aliphatic rings. The number of hydrogen-bond acceptors (Lipinski definition) is 4. The molecule has 5 nitrogen and oxygen atoms in total. The lowest BCUT2D eigenvalue weighted by Gasteiger charge is -2.15.